The van der Waals surface area contributed by atoms with E-state index in [9.17, 15) is 23.1 Å². The summed E-state index contributed by atoms with van der Waals surface area (Å²) in [6, 6.07) is 3.61. The van der Waals surface area contributed by atoms with E-state index in [1.807, 2.05) is 0 Å². The molecule has 0 bridgehead atoms. The summed E-state index contributed by atoms with van der Waals surface area (Å²) in [4.78, 5) is 17.6. The number of carbonyl (C=O) groups is 1. The number of amides is 1. The van der Waals surface area contributed by atoms with Gasteiger partial charge < -0.3 is 14.7 Å². The minimum atomic E-state index is -4.58. The average molecular weight is 482 g/mol. The van der Waals surface area contributed by atoms with Crippen molar-refractivity contribution in [3.8, 4) is 11.6 Å². The molecule has 0 fully saturated rings. The summed E-state index contributed by atoms with van der Waals surface area (Å²) >= 11 is 6.24. The van der Waals surface area contributed by atoms with Crippen molar-refractivity contribution in [1.29, 1.82) is 0 Å². The maximum Gasteiger partial charge on any atom is 0.417 e. The first-order chi connectivity index (χ1) is 11.7. The van der Waals surface area contributed by atoms with Crippen molar-refractivity contribution < 1.29 is 27.8 Å². The molecular formula is C15H9Br2F3N2O3. The molecule has 0 saturated heterocycles. The van der Waals surface area contributed by atoms with Gasteiger partial charge in [0.05, 0.1) is 21.1 Å². The Bertz CT molecular complexity index is 835. The molecule has 1 aromatic carbocycles. The van der Waals surface area contributed by atoms with Crippen LogP contribution >= 0.6 is 31.9 Å². The van der Waals surface area contributed by atoms with Crippen LogP contribution in [0.25, 0.3) is 0 Å². The van der Waals surface area contributed by atoms with E-state index < -0.39 is 17.6 Å². The first-order valence-corrected chi connectivity index (χ1v) is 8.47. The first-order valence-electron chi connectivity index (χ1n) is 6.88. The lowest BCUT2D eigenvalue weighted by Crippen LogP contribution is -2.38. The summed E-state index contributed by atoms with van der Waals surface area (Å²) < 4.78 is 44.6. The summed E-state index contributed by atoms with van der Waals surface area (Å²) in [6.07, 6.45) is -3.92. The molecule has 1 aliphatic rings. The zero-order valence-corrected chi connectivity index (χ0v) is 15.4. The Morgan fingerprint density at radius 2 is 1.88 bits per heavy atom. The van der Waals surface area contributed by atoms with Gasteiger partial charge in [0.1, 0.15) is 18.0 Å². The molecule has 0 aliphatic carbocycles. The number of aromatic hydroxyl groups is 1. The zero-order chi connectivity index (χ0) is 18.4. The second-order valence-corrected chi connectivity index (χ2v) is 6.85. The quantitative estimate of drug-likeness (QED) is 0.657. The SMILES string of the molecule is O=C(c1cc(Br)c(O)c(Br)c1)N1CCOc2ncc(C(F)(F)F)cc21. The maximum absolute atomic E-state index is 12.9. The van der Waals surface area contributed by atoms with Crippen molar-refractivity contribution in [2.24, 2.45) is 0 Å². The number of fused-ring (bicyclic) bond motifs is 1. The van der Waals surface area contributed by atoms with Crippen LogP contribution in [0.1, 0.15) is 15.9 Å². The van der Waals surface area contributed by atoms with Crippen LogP contribution in [0.2, 0.25) is 0 Å². The number of nitrogens with zero attached hydrogens (tertiary/aromatic N) is 2. The van der Waals surface area contributed by atoms with Gasteiger partial charge >= 0.3 is 6.18 Å². The van der Waals surface area contributed by atoms with Gasteiger partial charge in [-0.1, -0.05) is 0 Å². The van der Waals surface area contributed by atoms with Crippen molar-refractivity contribution in [3.63, 3.8) is 0 Å². The lowest BCUT2D eigenvalue weighted by molar-refractivity contribution is -0.137. The van der Waals surface area contributed by atoms with Crippen molar-refractivity contribution >= 4 is 43.5 Å². The van der Waals surface area contributed by atoms with Crippen molar-refractivity contribution in [2.45, 2.75) is 6.18 Å². The summed E-state index contributed by atoms with van der Waals surface area (Å²) in [6.45, 7) is 0.183. The third kappa shape index (κ3) is 3.45. The van der Waals surface area contributed by atoms with E-state index in [-0.39, 0.29) is 45.0 Å². The highest BCUT2D eigenvalue weighted by molar-refractivity contribution is 9.11. The lowest BCUT2D eigenvalue weighted by Gasteiger charge is -2.29. The number of ether oxygens (including phenoxy) is 1. The predicted molar refractivity (Wildman–Crippen MR) is 89.9 cm³/mol. The van der Waals surface area contributed by atoms with Gasteiger partial charge in [-0.2, -0.15) is 13.2 Å². The number of hydrogen-bond acceptors (Lipinski definition) is 4. The molecule has 0 unspecified atom stereocenters. The fraction of sp³-hybridized carbons (Fsp3) is 0.200. The van der Waals surface area contributed by atoms with Crippen LogP contribution in [0.15, 0.2) is 33.3 Å². The Kier molecular flexibility index (Phi) is 4.67. The summed E-state index contributed by atoms with van der Waals surface area (Å²) in [5.74, 6) is -0.656. The molecule has 0 spiro atoms. The number of phenols is 1. The third-order valence-electron chi connectivity index (χ3n) is 3.51. The van der Waals surface area contributed by atoms with E-state index >= 15 is 0 Å². The monoisotopic (exact) mass is 480 g/mol. The van der Waals surface area contributed by atoms with E-state index in [2.05, 4.69) is 36.8 Å². The number of carbonyl (C=O) groups excluding carboxylic acids is 1. The lowest BCUT2D eigenvalue weighted by atomic mass is 10.1. The Morgan fingerprint density at radius 1 is 1.24 bits per heavy atom. The molecule has 1 aromatic heterocycles. The molecule has 0 saturated carbocycles. The number of rotatable bonds is 1. The first kappa shape index (κ1) is 18.0. The van der Waals surface area contributed by atoms with Crippen molar-refractivity contribution in [3.05, 3.63) is 44.5 Å². The second-order valence-electron chi connectivity index (χ2n) is 5.14. The van der Waals surface area contributed by atoms with E-state index in [4.69, 9.17) is 4.74 Å². The Hall–Kier alpha value is -1.81. The summed E-state index contributed by atoms with van der Waals surface area (Å²) in [5.41, 5.74) is -0.837. The second kappa shape index (κ2) is 6.49. The van der Waals surface area contributed by atoms with E-state index in [0.29, 0.717) is 6.20 Å². The molecule has 2 heterocycles. The molecule has 1 N–H and O–H groups in total. The minimum Gasteiger partial charge on any atom is -0.506 e. The highest BCUT2D eigenvalue weighted by atomic mass is 79.9. The molecule has 0 atom stereocenters. The number of pyridine rings is 1. The number of halogens is 5. The number of alkyl halides is 3. The highest BCUT2D eigenvalue weighted by Crippen LogP contribution is 2.38. The molecule has 1 aliphatic heterocycles. The predicted octanol–water partition coefficient (Wildman–Crippen LogP) is 4.37. The zero-order valence-electron chi connectivity index (χ0n) is 12.3. The van der Waals surface area contributed by atoms with Crippen molar-refractivity contribution in [1.82, 2.24) is 4.98 Å². The fourth-order valence-electron chi connectivity index (χ4n) is 2.31. The largest absolute Gasteiger partial charge is 0.506 e. The fourth-order valence-corrected chi connectivity index (χ4v) is 3.50. The highest BCUT2D eigenvalue weighted by Gasteiger charge is 2.35. The van der Waals surface area contributed by atoms with Crippen LogP contribution in [0, 0.1) is 0 Å². The number of benzene rings is 1. The van der Waals surface area contributed by atoms with Gasteiger partial charge in [-0.15, -0.1) is 0 Å². The van der Waals surface area contributed by atoms with Crippen molar-refractivity contribution in [2.75, 3.05) is 18.1 Å². The normalized spacial score (nSPS) is 14.0. The Labute approximate surface area is 156 Å². The standard InChI is InChI=1S/C15H9Br2F3N2O3/c16-9-3-7(4-10(17)12(9)23)14(24)22-1-2-25-13-11(22)5-8(6-21-13)15(18,19)20/h3-6,23H,1-2H2. The Balaban J connectivity index is 2.04. The number of phenolic OH excluding ortho intramolecular Hbond substituents is 1. The van der Waals surface area contributed by atoms with Gasteiger partial charge in [-0.3, -0.25) is 4.79 Å². The van der Waals surface area contributed by atoms with Crippen LogP contribution in [0.5, 0.6) is 11.6 Å². The van der Waals surface area contributed by atoms with Gasteiger partial charge in [-0.25, -0.2) is 4.98 Å². The van der Waals surface area contributed by atoms with Crippen LogP contribution < -0.4 is 9.64 Å². The molecule has 2 aromatic rings. The topological polar surface area (TPSA) is 62.7 Å². The van der Waals surface area contributed by atoms with Gasteiger partial charge in [0.2, 0.25) is 5.88 Å². The average Bonchev–Trinajstić information content (AvgIpc) is 2.56. The van der Waals surface area contributed by atoms with Crippen LogP contribution in [-0.4, -0.2) is 29.1 Å². The molecule has 132 valence electrons. The molecule has 3 rings (SSSR count). The third-order valence-corrected chi connectivity index (χ3v) is 4.72. The van der Waals surface area contributed by atoms with Gasteiger partial charge in [0, 0.05) is 11.8 Å². The molecule has 25 heavy (non-hydrogen) atoms. The summed E-state index contributed by atoms with van der Waals surface area (Å²) in [7, 11) is 0. The van der Waals surface area contributed by atoms with Crippen LogP contribution in [0.3, 0.4) is 0 Å². The van der Waals surface area contributed by atoms with Gasteiger partial charge in [0.15, 0.2) is 0 Å². The molecular weight excluding hydrogens is 473 g/mol. The number of hydrogen-bond donors (Lipinski definition) is 1. The van der Waals surface area contributed by atoms with Gasteiger partial charge in [0.25, 0.3) is 5.91 Å². The van der Waals surface area contributed by atoms with E-state index in [1.54, 1.807) is 0 Å². The van der Waals surface area contributed by atoms with E-state index in [0.717, 1.165) is 6.07 Å². The molecule has 10 heteroatoms. The van der Waals surface area contributed by atoms with Gasteiger partial charge in [-0.05, 0) is 50.1 Å². The smallest absolute Gasteiger partial charge is 0.417 e. The molecule has 1 amide bonds. The molecule has 5 nitrogen and oxygen atoms in total. The number of aromatic nitrogens is 1. The maximum atomic E-state index is 12.9. The number of anilines is 1. The van der Waals surface area contributed by atoms with Crippen LogP contribution in [0.4, 0.5) is 18.9 Å². The van der Waals surface area contributed by atoms with E-state index in [1.165, 1.54) is 17.0 Å². The Morgan fingerprint density at radius 3 is 2.48 bits per heavy atom. The van der Waals surface area contributed by atoms with Crippen LogP contribution in [-0.2, 0) is 6.18 Å². The summed E-state index contributed by atoms with van der Waals surface area (Å²) in [5, 5.41) is 9.73. The minimum absolute atomic E-state index is 0.0375. The molecule has 0 radical (unpaired) electrons.